The van der Waals surface area contributed by atoms with E-state index in [2.05, 4.69) is 4.90 Å². The Bertz CT molecular complexity index is 989. The van der Waals surface area contributed by atoms with E-state index in [0.29, 0.717) is 36.4 Å². The Morgan fingerprint density at radius 2 is 2.07 bits per heavy atom. The number of piperidine rings is 1. The highest BCUT2D eigenvalue weighted by Crippen LogP contribution is 2.39. The molecule has 1 saturated heterocycles. The first-order valence-electron chi connectivity index (χ1n) is 9.92. The van der Waals surface area contributed by atoms with Gasteiger partial charge in [0.15, 0.2) is 5.78 Å². The van der Waals surface area contributed by atoms with Gasteiger partial charge in [-0.2, -0.15) is 0 Å². The van der Waals surface area contributed by atoms with Crippen LogP contribution in [0.15, 0.2) is 48.5 Å². The second-order valence-corrected chi connectivity index (χ2v) is 7.89. The van der Waals surface area contributed by atoms with Crippen molar-refractivity contribution in [3.05, 3.63) is 71.0 Å². The summed E-state index contributed by atoms with van der Waals surface area (Å²) in [7, 11) is 0. The van der Waals surface area contributed by atoms with Crippen molar-refractivity contribution >= 4 is 17.8 Å². The van der Waals surface area contributed by atoms with Gasteiger partial charge >= 0.3 is 0 Å². The standard InChI is InChI=1S/C23H23FN2O4/c24-18-6-2-17(3-7-18)14-26-11-1-10-23(15-26)13-20(27)19-12-16(4-8-21(19)30-23)5-9-22(28)25-29/h2-9,12,29H,1,10-11,13-15H2,(H,25,28)/b9-5+. The smallest absolute Gasteiger partial charge is 0.267 e. The molecule has 0 saturated carbocycles. The molecule has 30 heavy (non-hydrogen) atoms. The average molecular weight is 410 g/mol. The van der Waals surface area contributed by atoms with Crippen molar-refractivity contribution < 1.29 is 23.9 Å². The van der Waals surface area contributed by atoms with Gasteiger partial charge < -0.3 is 4.74 Å². The van der Waals surface area contributed by atoms with Crippen LogP contribution in [0.2, 0.25) is 0 Å². The van der Waals surface area contributed by atoms with Gasteiger partial charge in [-0.3, -0.25) is 19.7 Å². The SMILES string of the molecule is O=C(/C=C/c1ccc2c(c1)C(=O)CC1(CCCN(Cc3ccc(F)cc3)C1)O2)NO. The monoisotopic (exact) mass is 410 g/mol. The van der Waals surface area contributed by atoms with Crippen molar-refractivity contribution in [2.45, 2.75) is 31.4 Å². The van der Waals surface area contributed by atoms with E-state index in [1.807, 2.05) is 0 Å². The summed E-state index contributed by atoms with van der Waals surface area (Å²) in [5, 5.41) is 8.57. The summed E-state index contributed by atoms with van der Waals surface area (Å²) in [5.41, 5.74) is 3.17. The first kappa shape index (κ1) is 20.3. The fourth-order valence-corrected chi connectivity index (χ4v) is 4.23. The number of carbonyl (C=O) groups is 2. The third-order valence-electron chi connectivity index (χ3n) is 5.59. The molecule has 2 aromatic carbocycles. The number of nitrogens with one attached hydrogen (secondary N) is 1. The Kier molecular flexibility index (Phi) is 5.65. The summed E-state index contributed by atoms with van der Waals surface area (Å²) in [6, 6.07) is 11.7. The zero-order chi connectivity index (χ0) is 21.1. The highest BCUT2D eigenvalue weighted by Gasteiger charge is 2.43. The van der Waals surface area contributed by atoms with Crippen LogP contribution in [0, 0.1) is 5.82 Å². The molecular weight excluding hydrogens is 387 g/mol. The zero-order valence-corrected chi connectivity index (χ0v) is 16.4. The van der Waals surface area contributed by atoms with Gasteiger partial charge in [0.2, 0.25) is 0 Å². The molecule has 2 aliphatic heterocycles. The fourth-order valence-electron chi connectivity index (χ4n) is 4.23. The zero-order valence-electron chi connectivity index (χ0n) is 16.4. The second-order valence-electron chi connectivity index (χ2n) is 7.89. The van der Waals surface area contributed by atoms with Crippen LogP contribution in [0.1, 0.15) is 40.7 Å². The number of likely N-dealkylation sites (tertiary alicyclic amines) is 1. The lowest BCUT2D eigenvalue weighted by Crippen LogP contribution is -2.54. The molecule has 7 heteroatoms. The molecule has 1 atom stereocenters. The number of hydrogen-bond acceptors (Lipinski definition) is 5. The number of amides is 1. The molecule has 0 bridgehead atoms. The molecule has 2 heterocycles. The molecule has 2 aliphatic rings. The van der Waals surface area contributed by atoms with Crippen molar-refractivity contribution in [1.29, 1.82) is 0 Å². The quantitative estimate of drug-likeness (QED) is 0.459. The molecule has 0 aromatic heterocycles. The normalized spacial score (nSPS) is 21.5. The van der Waals surface area contributed by atoms with E-state index < -0.39 is 11.5 Å². The first-order valence-corrected chi connectivity index (χ1v) is 9.92. The van der Waals surface area contributed by atoms with Crippen molar-refractivity contribution in [2.75, 3.05) is 13.1 Å². The number of ketones is 1. The van der Waals surface area contributed by atoms with Crippen molar-refractivity contribution in [2.24, 2.45) is 0 Å². The van der Waals surface area contributed by atoms with Crippen molar-refractivity contribution in [3.63, 3.8) is 0 Å². The van der Waals surface area contributed by atoms with Gasteiger partial charge in [0.1, 0.15) is 17.2 Å². The molecule has 6 nitrogen and oxygen atoms in total. The van der Waals surface area contributed by atoms with Gasteiger partial charge in [0, 0.05) is 19.2 Å². The number of fused-ring (bicyclic) bond motifs is 1. The van der Waals surface area contributed by atoms with Gasteiger partial charge in [0.05, 0.1) is 12.0 Å². The van der Waals surface area contributed by atoms with Crippen LogP contribution in [-0.2, 0) is 11.3 Å². The molecule has 1 spiro atoms. The van der Waals surface area contributed by atoms with Gasteiger partial charge in [-0.1, -0.05) is 18.2 Å². The van der Waals surface area contributed by atoms with E-state index in [9.17, 15) is 14.0 Å². The molecule has 0 radical (unpaired) electrons. The van der Waals surface area contributed by atoms with Gasteiger partial charge in [0.25, 0.3) is 5.91 Å². The third kappa shape index (κ3) is 4.42. The Morgan fingerprint density at radius 3 is 2.83 bits per heavy atom. The molecule has 1 unspecified atom stereocenters. The minimum atomic E-state index is -0.641. The molecule has 1 fully saturated rings. The number of hydrogen-bond donors (Lipinski definition) is 2. The number of hydroxylamine groups is 1. The lowest BCUT2D eigenvalue weighted by atomic mass is 9.83. The predicted molar refractivity (Wildman–Crippen MR) is 109 cm³/mol. The molecule has 2 N–H and O–H groups in total. The van der Waals surface area contributed by atoms with E-state index in [1.165, 1.54) is 29.8 Å². The fraction of sp³-hybridized carbons (Fsp3) is 0.304. The third-order valence-corrected chi connectivity index (χ3v) is 5.59. The Morgan fingerprint density at radius 1 is 1.27 bits per heavy atom. The van der Waals surface area contributed by atoms with Crippen LogP contribution in [0.25, 0.3) is 6.08 Å². The van der Waals surface area contributed by atoms with Crippen LogP contribution >= 0.6 is 0 Å². The largest absolute Gasteiger partial charge is 0.485 e. The van der Waals surface area contributed by atoms with E-state index in [1.54, 1.807) is 30.3 Å². The van der Waals surface area contributed by atoms with Gasteiger partial charge in [-0.15, -0.1) is 0 Å². The maximum absolute atomic E-state index is 13.2. The van der Waals surface area contributed by atoms with E-state index in [4.69, 9.17) is 9.94 Å². The summed E-state index contributed by atoms with van der Waals surface area (Å²) in [6.45, 7) is 2.22. The van der Waals surface area contributed by atoms with Crippen molar-refractivity contribution in [1.82, 2.24) is 10.4 Å². The maximum atomic E-state index is 13.2. The molecule has 156 valence electrons. The number of nitrogens with zero attached hydrogens (tertiary/aromatic N) is 1. The molecule has 1 amide bonds. The molecule has 2 aromatic rings. The lowest BCUT2D eigenvalue weighted by Gasteiger charge is -2.45. The Hall–Kier alpha value is -3.03. The second kappa shape index (κ2) is 8.38. The summed E-state index contributed by atoms with van der Waals surface area (Å²) in [6.07, 6.45) is 4.72. The van der Waals surface area contributed by atoms with Crippen LogP contribution in [0.4, 0.5) is 4.39 Å². The molecular formula is C23H23FN2O4. The first-order chi connectivity index (χ1) is 14.5. The number of halogens is 1. The molecule has 4 rings (SSSR count). The van der Waals surface area contributed by atoms with E-state index >= 15 is 0 Å². The Balaban J connectivity index is 1.50. The van der Waals surface area contributed by atoms with Crippen LogP contribution in [-0.4, -0.2) is 40.5 Å². The average Bonchev–Trinajstić information content (AvgIpc) is 2.74. The topological polar surface area (TPSA) is 78.9 Å². The predicted octanol–water partition coefficient (Wildman–Crippen LogP) is 3.34. The minimum absolute atomic E-state index is 0.0155. The van der Waals surface area contributed by atoms with Gasteiger partial charge in [-0.25, -0.2) is 9.87 Å². The Labute approximate surface area is 173 Å². The van der Waals surface area contributed by atoms with Gasteiger partial charge in [-0.05, 0) is 60.9 Å². The number of rotatable bonds is 4. The van der Waals surface area contributed by atoms with Crippen LogP contribution in [0.3, 0.4) is 0 Å². The summed E-state index contributed by atoms with van der Waals surface area (Å²) >= 11 is 0. The van der Waals surface area contributed by atoms with Crippen LogP contribution < -0.4 is 10.2 Å². The van der Waals surface area contributed by atoms with E-state index in [0.717, 1.165) is 24.9 Å². The number of ether oxygens (including phenoxy) is 1. The minimum Gasteiger partial charge on any atom is -0.485 e. The van der Waals surface area contributed by atoms with Crippen LogP contribution in [0.5, 0.6) is 5.75 Å². The molecule has 0 aliphatic carbocycles. The van der Waals surface area contributed by atoms with E-state index in [-0.39, 0.29) is 11.6 Å². The highest BCUT2D eigenvalue weighted by molar-refractivity contribution is 6.01. The lowest BCUT2D eigenvalue weighted by molar-refractivity contribution is -0.124. The summed E-state index contributed by atoms with van der Waals surface area (Å²) in [5.74, 6) is -0.323. The number of Topliss-reactive ketones (excluding diaryl/α,β-unsaturated/α-hetero) is 1. The van der Waals surface area contributed by atoms with Crippen molar-refractivity contribution in [3.8, 4) is 5.75 Å². The maximum Gasteiger partial charge on any atom is 0.267 e. The number of benzene rings is 2. The summed E-state index contributed by atoms with van der Waals surface area (Å²) in [4.78, 5) is 26.3. The summed E-state index contributed by atoms with van der Waals surface area (Å²) < 4.78 is 19.5. The number of carbonyl (C=O) groups excluding carboxylic acids is 2. The highest BCUT2D eigenvalue weighted by atomic mass is 19.1.